The lowest BCUT2D eigenvalue weighted by molar-refractivity contribution is 0.111. The van der Waals surface area contributed by atoms with Gasteiger partial charge in [0.05, 0.1) is 6.10 Å². The van der Waals surface area contributed by atoms with Gasteiger partial charge >= 0.3 is 0 Å². The molecule has 1 saturated carbocycles. The lowest BCUT2D eigenvalue weighted by Gasteiger charge is -2.40. The monoisotopic (exact) mass is 494 g/mol. The van der Waals surface area contributed by atoms with Gasteiger partial charge in [0.25, 0.3) is 0 Å². The Kier molecular flexibility index (Phi) is 7.90. The van der Waals surface area contributed by atoms with Crippen LogP contribution in [0.4, 0.5) is 0 Å². The highest BCUT2D eigenvalue weighted by molar-refractivity contribution is 5.73. The van der Waals surface area contributed by atoms with E-state index in [-0.39, 0.29) is 5.41 Å². The number of phenolic OH excluding ortho intramolecular Hbond substituents is 1. The van der Waals surface area contributed by atoms with E-state index in [1.807, 2.05) is 72.8 Å². The van der Waals surface area contributed by atoms with Crippen LogP contribution in [0.25, 0.3) is 16.7 Å². The minimum Gasteiger partial charge on any atom is -0.507 e. The molecule has 2 aliphatic carbocycles. The molecule has 0 saturated heterocycles. The van der Waals surface area contributed by atoms with Gasteiger partial charge in [-0.15, -0.1) is 0 Å². The van der Waals surface area contributed by atoms with Crippen LogP contribution in [0.1, 0.15) is 43.7 Å². The van der Waals surface area contributed by atoms with E-state index < -0.39 is 6.10 Å². The maximum absolute atomic E-state index is 11.3. The fourth-order valence-electron chi connectivity index (χ4n) is 5.75. The van der Waals surface area contributed by atoms with Gasteiger partial charge in [-0.25, -0.2) is 0 Å². The second kappa shape index (κ2) is 11.5. The van der Waals surface area contributed by atoms with Gasteiger partial charge in [-0.05, 0) is 29.5 Å². The summed E-state index contributed by atoms with van der Waals surface area (Å²) in [7, 11) is 0. The first-order chi connectivity index (χ1) is 18.0. The summed E-state index contributed by atoms with van der Waals surface area (Å²) in [5.41, 5.74) is 4.46. The molecule has 4 heteroatoms. The molecule has 37 heavy (non-hydrogen) atoms. The van der Waals surface area contributed by atoms with Crippen LogP contribution in [0.2, 0.25) is 0 Å². The van der Waals surface area contributed by atoms with Crippen LogP contribution in [-0.4, -0.2) is 34.9 Å². The third-order valence-corrected chi connectivity index (χ3v) is 8.05. The van der Waals surface area contributed by atoms with Crippen LogP contribution in [0, 0.1) is 5.41 Å². The average molecular weight is 495 g/mol. The van der Waals surface area contributed by atoms with Gasteiger partial charge in [-0.2, -0.15) is 0 Å². The number of para-hydroxylation sites is 1. The minimum atomic E-state index is -0.569. The van der Waals surface area contributed by atoms with E-state index in [1.165, 1.54) is 12.8 Å². The molecule has 3 aromatic carbocycles. The molecular formula is C33H38N2O2. The van der Waals surface area contributed by atoms with Gasteiger partial charge in [0.1, 0.15) is 5.75 Å². The molecule has 5 rings (SSSR count). The quantitative estimate of drug-likeness (QED) is 0.307. The third-order valence-electron chi connectivity index (χ3n) is 8.05. The molecule has 0 aliphatic heterocycles. The second-order valence-electron chi connectivity index (χ2n) is 10.7. The first kappa shape index (κ1) is 25.5. The number of aromatic hydroxyl groups is 1. The maximum atomic E-state index is 11.3. The molecule has 0 heterocycles. The van der Waals surface area contributed by atoms with E-state index >= 15 is 0 Å². The number of aliphatic hydroxyl groups excluding tert-OH is 1. The summed E-state index contributed by atoms with van der Waals surface area (Å²) in [4.78, 5) is 0. The van der Waals surface area contributed by atoms with Gasteiger partial charge in [-0.1, -0.05) is 117 Å². The fourth-order valence-corrected chi connectivity index (χ4v) is 5.75. The third kappa shape index (κ3) is 5.72. The molecule has 0 bridgehead atoms. The molecule has 4 nitrogen and oxygen atoms in total. The Bertz CT molecular complexity index is 1240. The average Bonchev–Trinajstić information content (AvgIpc) is 2.94. The highest BCUT2D eigenvalue weighted by atomic mass is 16.3. The van der Waals surface area contributed by atoms with Gasteiger partial charge in [0, 0.05) is 41.7 Å². The van der Waals surface area contributed by atoms with Crippen molar-refractivity contribution < 1.29 is 10.2 Å². The molecular weight excluding hydrogens is 456 g/mol. The van der Waals surface area contributed by atoms with Crippen molar-refractivity contribution in [2.45, 2.75) is 57.3 Å². The van der Waals surface area contributed by atoms with Crippen molar-refractivity contribution in [1.82, 2.24) is 10.6 Å². The first-order valence-electron chi connectivity index (χ1n) is 13.5. The van der Waals surface area contributed by atoms with Crippen LogP contribution >= 0.6 is 0 Å². The van der Waals surface area contributed by atoms with Crippen LogP contribution in [-0.2, 0) is 6.54 Å². The Morgan fingerprint density at radius 1 is 0.811 bits per heavy atom. The summed E-state index contributed by atoms with van der Waals surface area (Å²) < 4.78 is 0. The number of hydrogen-bond acceptors (Lipinski definition) is 4. The first-order valence-corrected chi connectivity index (χ1v) is 13.5. The Morgan fingerprint density at radius 3 is 2.16 bits per heavy atom. The molecule has 1 fully saturated rings. The number of allylic oxidation sites excluding steroid dienone is 2. The molecule has 4 unspecified atom stereocenters. The van der Waals surface area contributed by atoms with Crippen molar-refractivity contribution in [2.75, 3.05) is 6.54 Å². The summed E-state index contributed by atoms with van der Waals surface area (Å²) in [6.45, 7) is 3.46. The Labute approximate surface area is 220 Å². The Morgan fingerprint density at radius 2 is 1.46 bits per heavy atom. The number of rotatable bonds is 8. The molecule has 3 aromatic rings. The molecule has 192 valence electrons. The van der Waals surface area contributed by atoms with Crippen molar-refractivity contribution in [2.24, 2.45) is 5.41 Å². The van der Waals surface area contributed by atoms with Crippen molar-refractivity contribution in [1.29, 1.82) is 0 Å². The summed E-state index contributed by atoms with van der Waals surface area (Å²) in [6, 6.07) is 26.8. The van der Waals surface area contributed by atoms with Crippen LogP contribution in [0.3, 0.4) is 0 Å². The standard InChI is InChI=1S/C33H38N2O2/c1-33(21-11-18-28(32(33)37)25-14-6-3-7-15-25)23-35-30-20-9-8-19-29(30)34-22-26-16-10-17-27(31(26)36)24-12-4-2-5-13-24/h2-7,10-18,21,29-30,32,34-37H,8-9,19-20,22-23H2,1H3. The SMILES string of the molecule is CC1(CNC2CCCCC2NCc2cccc(-c3ccccc3)c2O)C=CC=C(c2ccccc2)C1O. The van der Waals surface area contributed by atoms with E-state index in [9.17, 15) is 10.2 Å². The minimum absolute atomic E-state index is 0.311. The number of nitrogens with one attached hydrogen (secondary N) is 2. The number of hydrogen-bond donors (Lipinski definition) is 4. The molecule has 0 aromatic heterocycles. The molecule has 0 spiro atoms. The Balaban J connectivity index is 1.23. The zero-order chi connectivity index (χ0) is 25.7. The van der Waals surface area contributed by atoms with E-state index in [4.69, 9.17) is 0 Å². The lowest BCUT2D eigenvalue weighted by Crippen LogP contribution is -2.53. The van der Waals surface area contributed by atoms with Crippen molar-refractivity contribution in [3.05, 3.63) is 108 Å². The van der Waals surface area contributed by atoms with E-state index in [1.54, 1.807) is 0 Å². The lowest BCUT2D eigenvalue weighted by atomic mass is 9.75. The normalized spacial score (nSPS) is 25.6. The predicted molar refractivity (Wildman–Crippen MR) is 152 cm³/mol. The zero-order valence-corrected chi connectivity index (χ0v) is 21.6. The van der Waals surface area contributed by atoms with Gasteiger partial charge < -0.3 is 20.8 Å². The van der Waals surface area contributed by atoms with E-state index in [0.29, 0.717) is 30.9 Å². The predicted octanol–water partition coefficient (Wildman–Crippen LogP) is 6.07. The van der Waals surface area contributed by atoms with Crippen molar-refractivity contribution in [3.8, 4) is 16.9 Å². The number of benzene rings is 3. The summed E-state index contributed by atoms with van der Waals surface area (Å²) in [5, 5.41) is 29.9. The van der Waals surface area contributed by atoms with E-state index in [2.05, 4.69) is 41.8 Å². The molecule has 0 amide bonds. The summed E-state index contributed by atoms with van der Waals surface area (Å²) >= 11 is 0. The number of phenols is 1. The van der Waals surface area contributed by atoms with Crippen LogP contribution in [0.5, 0.6) is 5.75 Å². The fraction of sp³-hybridized carbons (Fsp3) is 0.333. The topological polar surface area (TPSA) is 64.5 Å². The number of aliphatic hydroxyl groups is 1. The summed E-state index contributed by atoms with van der Waals surface area (Å²) in [5.74, 6) is 0.352. The van der Waals surface area contributed by atoms with Gasteiger partial charge in [0.2, 0.25) is 0 Å². The van der Waals surface area contributed by atoms with Crippen molar-refractivity contribution >= 4 is 5.57 Å². The van der Waals surface area contributed by atoms with Gasteiger partial charge in [0.15, 0.2) is 0 Å². The van der Waals surface area contributed by atoms with Crippen LogP contribution in [0.15, 0.2) is 97.1 Å². The zero-order valence-electron chi connectivity index (χ0n) is 21.6. The van der Waals surface area contributed by atoms with Crippen LogP contribution < -0.4 is 10.6 Å². The second-order valence-corrected chi connectivity index (χ2v) is 10.7. The largest absolute Gasteiger partial charge is 0.507 e. The molecule has 0 radical (unpaired) electrons. The maximum Gasteiger partial charge on any atom is 0.127 e. The highest BCUT2D eigenvalue weighted by Crippen LogP contribution is 2.37. The summed E-state index contributed by atoms with van der Waals surface area (Å²) in [6.07, 6.45) is 10.3. The molecule has 2 aliphatic rings. The Hall–Kier alpha value is -3.18. The smallest absolute Gasteiger partial charge is 0.127 e. The molecule has 4 atom stereocenters. The van der Waals surface area contributed by atoms with Crippen molar-refractivity contribution in [3.63, 3.8) is 0 Å². The van der Waals surface area contributed by atoms with Gasteiger partial charge in [-0.3, -0.25) is 0 Å². The van der Waals surface area contributed by atoms with E-state index in [0.717, 1.165) is 40.7 Å². The molecule has 4 N–H and O–H groups in total. The highest BCUT2D eigenvalue weighted by Gasteiger charge is 2.36.